The summed E-state index contributed by atoms with van der Waals surface area (Å²) in [5.41, 5.74) is 6.85. The lowest BCUT2D eigenvalue weighted by Crippen LogP contribution is -2.30. The smallest absolute Gasteiger partial charge is 0.165 e. The maximum atomic E-state index is 5.73. The van der Waals surface area contributed by atoms with Crippen LogP contribution < -0.4 is 5.73 Å². The fourth-order valence-corrected chi connectivity index (χ4v) is 1.86. The SMILES string of the molecule is CCOC(C)(C)Cn1cnc2c(N)ncnc21. The minimum Gasteiger partial charge on any atom is -0.382 e. The van der Waals surface area contributed by atoms with Crippen LogP contribution in [0.25, 0.3) is 11.2 Å². The predicted octanol–water partition coefficient (Wildman–Crippen LogP) is 1.22. The Morgan fingerprint density at radius 2 is 2.12 bits per heavy atom. The number of hydrogen-bond donors (Lipinski definition) is 1. The van der Waals surface area contributed by atoms with E-state index in [1.165, 1.54) is 6.33 Å². The molecule has 0 aliphatic heterocycles. The fourth-order valence-electron chi connectivity index (χ4n) is 1.86. The first-order valence-corrected chi connectivity index (χ1v) is 5.59. The minimum absolute atomic E-state index is 0.262. The Morgan fingerprint density at radius 3 is 2.82 bits per heavy atom. The van der Waals surface area contributed by atoms with Gasteiger partial charge in [0.25, 0.3) is 0 Å². The Balaban J connectivity index is 2.34. The van der Waals surface area contributed by atoms with Crippen LogP contribution in [0, 0.1) is 0 Å². The number of anilines is 1. The van der Waals surface area contributed by atoms with Gasteiger partial charge in [0.05, 0.1) is 18.5 Å². The first-order chi connectivity index (χ1) is 8.03. The molecule has 2 heterocycles. The molecular formula is C11H17N5O. The van der Waals surface area contributed by atoms with Gasteiger partial charge in [-0.25, -0.2) is 15.0 Å². The van der Waals surface area contributed by atoms with Crippen molar-refractivity contribution in [3.63, 3.8) is 0 Å². The Kier molecular flexibility index (Phi) is 2.97. The Bertz CT molecular complexity index is 520. The topological polar surface area (TPSA) is 78.9 Å². The number of rotatable bonds is 4. The molecule has 17 heavy (non-hydrogen) atoms. The molecular weight excluding hydrogens is 218 g/mol. The van der Waals surface area contributed by atoms with Crippen molar-refractivity contribution in [3.8, 4) is 0 Å². The molecule has 0 saturated heterocycles. The Labute approximate surface area is 99.8 Å². The monoisotopic (exact) mass is 235 g/mol. The Morgan fingerprint density at radius 1 is 1.35 bits per heavy atom. The minimum atomic E-state index is -0.262. The van der Waals surface area contributed by atoms with Gasteiger partial charge in [-0.3, -0.25) is 0 Å². The number of imidazole rings is 1. The predicted molar refractivity (Wildman–Crippen MR) is 65.4 cm³/mol. The third-order valence-corrected chi connectivity index (χ3v) is 2.52. The second-order valence-corrected chi connectivity index (χ2v) is 4.50. The molecule has 0 aliphatic carbocycles. The molecule has 6 heteroatoms. The number of hydrogen-bond acceptors (Lipinski definition) is 5. The normalized spacial score (nSPS) is 12.2. The highest BCUT2D eigenvalue weighted by Gasteiger charge is 2.20. The van der Waals surface area contributed by atoms with Crippen molar-refractivity contribution in [2.75, 3.05) is 12.3 Å². The molecule has 2 aromatic rings. The van der Waals surface area contributed by atoms with Crippen molar-refractivity contribution in [3.05, 3.63) is 12.7 Å². The van der Waals surface area contributed by atoms with Crippen molar-refractivity contribution in [1.82, 2.24) is 19.5 Å². The summed E-state index contributed by atoms with van der Waals surface area (Å²) in [6, 6.07) is 0. The standard InChI is InChI=1S/C11H17N5O/c1-4-17-11(2,3)5-16-7-15-8-9(12)13-6-14-10(8)16/h6-7H,4-5H2,1-3H3,(H2,12,13,14). The lowest BCUT2D eigenvalue weighted by Gasteiger charge is -2.25. The molecule has 2 rings (SSSR count). The van der Waals surface area contributed by atoms with Crippen molar-refractivity contribution < 1.29 is 4.74 Å². The maximum Gasteiger partial charge on any atom is 0.165 e. The fraction of sp³-hybridized carbons (Fsp3) is 0.545. The zero-order valence-corrected chi connectivity index (χ0v) is 10.3. The van der Waals surface area contributed by atoms with E-state index in [0.29, 0.717) is 24.5 Å². The number of ether oxygens (including phenoxy) is 1. The summed E-state index contributed by atoms with van der Waals surface area (Å²) in [6.07, 6.45) is 3.17. The van der Waals surface area contributed by atoms with Gasteiger partial charge in [0.2, 0.25) is 0 Å². The van der Waals surface area contributed by atoms with E-state index in [4.69, 9.17) is 10.5 Å². The highest BCUT2D eigenvalue weighted by atomic mass is 16.5. The highest BCUT2D eigenvalue weighted by molar-refractivity contribution is 5.81. The molecule has 0 aromatic carbocycles. The quantitative estimate of drug-likeness (QED) is 0.862. The van der Waals surface area contributed by atoms with Crippen molar-refractivity contribution in [2.24, 2.45) is 0 Å². The van der Waals surface area contributed by atoms with E-state index >= 15 is 0 Å². The van der Waals surface area contributed by atoms with Crippen LogP contribution in [0.2, 0.25) is 0 Å². The van der Waals surface area contributed by atoms with Gasteiger partial charge in [-0.2, -0.15) is 0 Å². The van der Waals surface area contributed by atoms with Gasteiger partial charge >= 0.3 is 0 Å². The summed E-state index contributed by atoms with van der Waals surface area (Å²) in [5.74, 6) is 0.406. The van der Waals surface area contributed by atoms with Crippen molar-refractivity contribution >= 4 is 17.0 Å². The summed E-state index contributed by atoms with van der Waals surface area (Å²) < 4.78 is 7.59. The third kappa shape index (κ3) is 2.36. The first kappa shape index (κ1) is 11.8. The molecule has 0 amide bonds. The molecule has 2 aromatic heterocycles. The summed E-state index contributed by atoms with van der Waals surface area (Å²) in [6.45, 7) is 7.40. The number of nitrogens with zero attached hydrogens (tertiary/aromatic N) is 4. The van der Waals surface area contributed by atoms with Gasteiger partial charge in [-0.15, -0.1) is 0 Å². The van der Waals surface area contributed by atoms with E-state index in [9.17, 15) is 0 Å². The lowest BCUT2D eigenvalue weighted by molar-refractivity contribution is -0.0217. The second kappa shape index (κ2) is 4.29. The molecule has 0 aliphatic rings. The third-order valence-electron chi connectivity index (χ3n) is 2.52. The van der Waals surface area contributed by atoms with Gasteiger partial charge < -0.3 is 15.0 Å². The highest BCUT2D eigenvalue weighted by Crippen LogP contribution is 2.18. The maximum absolute atomic E-state index is 5.73. The van der Waals surface area contributed by atoms with Gasteiger partial charge in [-0.05, 0) is 20.8 Å². The van der Waals surface area contributed by atoms with Crippen LogP contribution >= 0.6 is 0 Å². The number of nitrogen functional groups attached to an aromatic ring is 1. The molecule has 92 valence electrons. The van der Waals surface area contributed by atoms with Gasteiger partial charge in [0.15, 0.2) is 11.5 Å². The van der Waals surface area contributed by atoms with Crippen LogP contribution in [-0.2, 0) is 11.3 Å². The largest absolute Gasteiger partial charge is 0.382 e. The van der Waals surface area contributed by atoms with Crippen LogP contribution in [0.1, 0.15) is 20.8 Å². The zero-order chi connectivity index (χ0) is 12.5. The molecule has 0 atom stereocenters. The van der Waals surface area contributed by atoms with Gasteiger partial charge in [0, 0.05) is 6.61 Å². The molecule has 0 bridgehead atoms. The first-order valence-electron chi connectivity index (χ1n) is 5.59. The summed E-state index contributed by atoms with van der Waals surface area (Å²) in [4.78, 5) is 12.3. The van der Waals surface area contributed by atoms with Crippen LogP contribution in [0.5, 0.6) is 0 Å². The lowest BCUT2D eigenvalue weighted by atomic mass is 10.1. The molecule has 0 fully saturated rings. The van der Waals surface area contributed by atoms with Crippen LogP contribution in [-0.4, -0.2) is 31.7 Å². The van der Waals surface area contributed by atoms with Crippen LogP contribution in [0.15, 0.2) is 12.7 Å². The van der Waals surface area contributed by atoms with E-state index in [1.807, 2.05) is 25.3 Å². The zero-order valence-electron chi connectivity index (χ0n) is 10.3. The summed E-state index contributed by atoms with van der Waals surface area (Å²) in [5, 5.41) is 0. The molecule has 0 radical (unpaired) electrons. The molecule has 0 saturated carbocycles. The van der Waals surface area contributed by atoms with Gasteiger partial charge in [-0.1, -0.05) is 0 Å². The van der Waals surface area contributed by atoms with Crippen LogP contribution in [0.4, 0.5) is 5.82 Å². The van der Waals surface area contributed by atoms with E-state index in [-0.39, 0.29) is 5.60 Å². The average Bonchev–Trinajstić information content (AvgIpc) is 2.62. The van der Waals surface area contributed by atoms with E-state index in [1.54, 1.807) is 6.33 Å². The average molecular weight is 235 g/mol. The second-order valence-electron chi connectivity index (χ2n) is 4.50. The van der Waals surface area contributed by atoms with E-state index < -0.39 is 0 Å². The summed E-state index contributed by atoms with van der Waals surface area (Å²) in [7, 11) is 0. The number of fused-ring (bicyclic) bond motifs is 1. The van der Waals surface area contributed by atoms with Gasteiger partial charge in [0.1, 0.15) is 11.8 Å². The summed E-state index contributed by atoms with van der Waals surface area (Å²) >= 11 is 0. The van der Waals surface area contributed by atoms with E-state index in [2.05, 4.69) is 15.0 Å². The molecule has 0 spiro atoms. The number of nitrogens with two attached hydrogens (primary N) is 1. The molecule has 6 nitrogen and oxygen atoms in total. The van der Waals surface area contributed by atoms with Crippen molar-refractivity contribution in [2.45, 2.75) is 32.9 Å². The van der Waals surface area contributed by atoms with Crippen LogP contribution in [0.3, 0.4) is 0 Å². The molecule has 2 N–H and O–H groups in total. The molecule has 0 unspecified atom stereocenters. The van der Waals surface area contributed by atoms with Crippen molar-refractivity contribution in [1.29, 1.82) is 0 Å². The van der Waals surface area contributed by atoms with E-state index in [0.717, 1.165) is 5.65 Å². The number of aromatic nitrogens is 4. The Hall–Kier alpha value is -1.69.